The van der Waals surface area contributed by atoms with Crippen LogP contribution in [0, 0.1) is 17.1 Å². The van der Waals surface area contributed by atoms with Gasteiger partial charge in [-0.2, -0.15) is 5.26 Å². The van der Waals surface area contributed by atoms with E-state index in [4.69, 9.17) is 5.11 Å². The predicted octanol–water partition coefficient (Wildman–Crippen LogP) is 3.67. The van der Waals surface area contributed by atoms with Crippen LogP contribution in [0.3, 0.4) is 0 Å². The number of hydrogen-bond acceptors (Lipinski definition) is 5. The number of benzene rings is 2. The van der Waals surface area contributed by atoms with Crippen molar-refractivity contribution in [2.24, 2.45) is 0 Å². The minimum atomic E-state index is -1.16. The van der Waals surface area contributed by atoms with Crippen LogP contribution in [0.5, 0.6) is 5.75 Å². The van der Waals surface area contributed by atoms with Crippen molar-refractivity contribution in [2.75, 3.05) is 0 Å². The summed E-state index contributed by atoms with van der Waals surface area (Å²) in [5, 5.41) is 28.9. The van der Waals surface area contributed by atoms with E-state index >= 15 is 0 Å². The van der Waals surface area contributed by atoms with Gasteiger partial charge in [-0.3, -0.25) is 9.59 Å². The lowest BCUT2D eigenvalue weighted by Crippen LogP contribution is -2.08. The molecule has 7 heteroatoms. The summed E-state index contributed by atoms with van der Waals surface area (Å²) in [5.74, 6) is -2.82. The molecule has 2 aromatic carbocycles. The van der Waals surface area contributed by atoms with Crippen molar-refractivity contribution < 1.29 is 24.2 Å². The van der Waals surface area contributed by atoms with Gasteiger partial charge in [-0.15, -0.1) is 0 Å². The Morgan fingerprint density at radius 3 is 2.44 bits per heavy atom. The third kappa shape index (κ3) is 3.46. The van der Waals surface area contributed by atoms with Gasteiger partial charge in [-0.25, -0.2) is 9.37 Å². The lowest BCUT2D eigenvalue weighted by molar-refractivity contribution is -0.136. The van der Waals surface area contributed by atoms with Gasteiger partial charge in [0.25, 0.3) is 0 Å². The minimum absolute atomic E-state index is 0.123. The maximum Gasteiger partial charge on any atom is 0.303 e. The molecular weight excluding hydrogens is 351 g/mol. The van der Waals surface area contributed by atoms with Crippen molar-refractivity contribution in [1.29, 1.82) is 5.26 Å². The monoisotopic (exact) mass is 364 g/mol. The van der Waals surface area contributed by atoms with E-state index in [1.54, 1.807) is 18.2 Å². The summed E-state index contributed by atoms with van der Waals surface area (Å²) in [7, 11) is 0. The highest BCUT2D eigenvalue weighted by atomic mass is 19.1. The zero-order valence-electron chi connectivity index (χ0n) is 13.9. The van der Waals surface area contributed by atoms with Crippen molar-refractivity contribution in [3.63, 3.8) is 0 Å². The van der Waals surface area contributed by atoms with E-state index in [9.17, 15) is 24.3 Å². The second kappa shape index (κ2) is 7.22. The normalized spacial score (nSPS) is 10.5. The molecule has 6 nitrogen and oxygen atoms in total. The fraction of sp³-hybridized carbons (Fsp3) is 0.100. The number of halogens is 1. The highest BCUT2D eigenvalue weighted by Crippen LogP contribution is 2.34. The average Bonchev–Trinajstić information content (AvgIpc) is 2.66. The first-order valence-corrected chi connectivity index (χ1v) is 7.99. The topological polar surface area (TPSA) is 111 Å². The molecule has 0 unspecified atom stereocenters. The quantitative estimate of drug-likeness (QED) is 0.668. The largest absolute Gasteiger partial charge is 0.504 e. The molecule has 0 spiro atoms. The first-order valence-electron chi connectivity index (χ1n) is 7.99. The Morgan fingerprint density at radius 2 is 1.81 bits per heavy atom. The number of aliphatic carboxylic acids is 1. The van der Waals surface area contributed by atoms with Crippen molar-refractivity contribution in [1.82, 2.24) is 4.98 Å². The Balaban J connectivity index is 2.24. The highest BCUT2D eigenvalue weighted by molar-refractivity contribution is 6.05. The van der Waals surface area contributed by atoms with Crippen molar-refractivity contribution >= 4 is 22.7 Å². The Bertz CT molecular complexity index is 1100. The molecule has 3 rings (SSSR count). The van der Waals surface area contributed by atoms with E-state index in [1.807, 2.05) is 6.07 Å². The van der Waals surface area contributed by atoms with Crippen molar-refractivity contribution in [3.05, 3.63) is 59.5 Å². The number of carbonyl (C=O) groups is 2. The number of carbonyl (C=O) groups excluding carboxylic acids is 1. The Labute approximate surface area is 153 Å². The van der Waals surface area contributed by atoms with Gasteiger partial charge in [0.05, 0.1) is 11.9 Å². The molecule has 3 aromatic rings. The Hall–Kier alpha value is -3.79. The maximum atomic E-state index is 13.2. The maximum absolute atomic E-state index is 13.2. The highest BCUT2D eigenvalue weighted by Gasteiger charge is 2.22. The van der Waals surface area contributed by atoms with Gasteiger partial charge in [0.2, 0.25) is 0 Å². The summed E-state index contributed by atoms with van der Waals surface area (Å²) in [5.41, 5.74) is 0.985. The summed E-state index contributed by atoms with van der Waals surface area (Å²) >= 11 is 0. The number of hydrogen-bond donors (Lipinski definition) is 2. The van der Waals surface area contributed by atoms with Crippen LogP contribution < -0.4 is 0 Å². The van der Waals surface area contributed by atoms with E-state index in [0.717, 1.165) is 0 Å². The molecule has 0 aliphatic heterocycles. The van der Waals surface area contributed by atoms with E-state index in [0.29, 0.717) is 16.5 Å². The summed E-state index contributed by atoms with van der Waals surface area (Å²) in [6, 6.07) is 12.4. The number of rotatable bonds is 5. The average molecular weight is 364 g/mol. The number of pyridine rings is 1. The first kappa shape index (κ1) is 18.0. The number of nitrogens with zero attached hydrogens (tertiary/aromatic N) is 2. The van der Waals surface area contributed by atoms with Gasteiger partial charge in [-0.1, -0.05) is 30.3 Å². The molecule has 0 amide bonds. The molecule has 0 aliphatic carbocycles. The second-order valence-electron chi connectivity index (χ2n) is 5.82. The number of carboxylic acid groups (broad SMARTS) is 1. The molecule has 0 radical (unpaired) electrons. The third-order valence-corrected chi connectivity index (χ3v) is 4.09. The van der Waals surface area contributed by atoms with Crippen LogP contribution in [0.15, 0.2) is 42.5 Å². The molecule has 27 heavy (non-hydrogen) atoms. The van der Waals surface area contributed by atoms with Crippen LogP contribution in [0.25, 0.3) is 22.0 Å². The SMILES string of the molecule is N#Cc1c(O)c(C(=O)CCC(=O)O)nc2c(-c3ccc(F)cc3)cccc12. The first-order chi connectivity index (χ1) is 12.9. The fourth-order valence-electron chi connectivity index (χ4n) is 2.79. The van der Waals surface area contributed by atoms with E-state index in [1.165, 1.54) is 24.3 Å². The summed E-state index contributed by atoms with van der Waals surface area (Å²) in [4.78, 5) is 27.3. The summed E-state index contributed by atoms with van der Waals surface area (Å²) in [6.45, 7) is 0. The molecular formula is C20H13FN2O4. The van der Waals surface area contributed by atoms with Gasteiger partial charge in [0.15, 0.2) is 11.5 Å². The molecule has 2 N–H and O–H groups in total. The lowest BCUT2D eigenvalue weighted by Gasteiger charge is -2.11. The van der Waals surface area contributed by atoms with Crippen LogP contribution >= 0.6 is 0 Å². The third-order valence-electron chi connectivity index (χ3n) is 4.09. The molecule has 0 atom stereocenters. The zero-order chi connectivity index (χ0) is 19.6. The van der Waals surface area contributed by atoms with Crippen molar-refractivity contribution in [2.45, 2.75) is 12.8 Å². The van der Waals surface area contributed by atoms with E-state index in [2.05, 4.69) is 4.98 Å². The summed E-state index contributed by atoms with van der Waals surface area (Å²) < 4.78 is 13.2. The van der Waals surface area contributed by atoms with Gasteiger partial charge < -0.3 is 10.2 Å². The smallest absolute Gasteiger partial charge is 0.303 e. The van der Waals surface area contributed by atoms with Crippen LogP contribution in [0.1, 0.15) is 28.9 Å². The molecule has 1 aromatic heterocycles. The molecule has 134 valence electrons. The van der Waals surface area contributed by atoms with Gasteiger partial charge in [0, 0.05) is 17.4 Å². The Morgan fingerprint density at radius 1 is 1.11 bits per heavy atom. The lowest BCUT2D eigenvalue weighted by atomic mass is 9.97. The molecule has 0 saturated heterocycles. The van der Waals surface area contributed by atoms with Gasteiger partial charge in [0.1, 0.15) is 23.1 Å². The van der Waals surface area contributed by atoms with Crippen LogP contribution in [0.4, 0.5) is 4.39 Å². The number of para-hydroxylation sites is 1. The zero-order valence-corrected chi connectivity index (χ0v) is 13.9. The molecule has 1 heterocycles. The number of ketones is 1. The van der Waals surface area contributed by atoms with Gasteiger partial charge >= 0.3 is 5.97 Å². The number of aromatic nitrogens is 1. The van der Waals surface area contributed by atoms with Crippen LogP contribution in [0.2, 0.25) is 0 Å². The van der Waals surface area contributed by atoms with E-state index in [-0.39, 0.29) is 23.2 Å². The predicted molar refractivity (Wildman–Crippen MR) is 94.7 cm³/mol. The number of Topliss-reactive ketones (excluding diaryl/α,β-unsaturated/α-hetero) is 1. The summed E-state index contributed by atoms with van der Waals surface area (Å²) in [6.07, 6.45) is -0.773. The molecule has 0 fully saturated rings. The van der Waals surface area contributed by atoms with Crippen molar-refractivity contribution in [3.8, 4) is 22.9 Å². The number of aromatic hydroxyl groups is 1. The van der Waals surface area contributed by atoms with Gasteiger partial charge in [-0.05, 0) is 17.7 Å². The molecule has 0 aliphatic rings. The minimum Gasteiger partial charge on any atom is -0.504 e. The molecule has 0 saturated carbocycles. The number of fused-ring (bicyclic) bond motifs is 1. The van der Waals surface area contributed by atoms with Crippen LogP contribution in [-0.4, -0.2) is 26.9 Å². The van der Waals surface area contributed by atoms with E-state index < -0.39 is 29.7 Å². The number of nitriles is 1. The van der Waals surface area contributed by atoms with Crippen LogP contribution in [-0.2, 0) is 4.79 Å². The molecule has 0 bridgehead atoms. The Kier molecular flexibility index (Phi) is 4.81. The second-order valence-corrected chi connectivity index (χ2v) is 5.82. The fourth-order valence-corrected chi connectivity index (χ4v) is 2.79. The standard InChI is InChI=1S/C20H13FN2O4/c21-12-6-4-11(5-7-12)13-2-1-3-14-15(10-22)20(27)19(23-18(13)14)16(24)8-9-17(25)26/h1-7,27H,8-9H2,(H,25,26). The number of carboxylic acids is 1.